The molecule has 2 heterocycles. The maximum atomic E-state index is 14.0. The molecule has 1 aliphatic carbocycles. The number of benzene rings is 3. The highest BCUT2D eigenvalue weighted by Crippen LogP contribution is 2.31. The van der Waals surface area contributed by atoms with Crippen LogP contribution in [0.4, 0.5) is 11.6 Å². The summed E-state index contributed by atoms with van der Waals surface area (Å²) in [6, 6.07) is 28.0. The van der Waals surface area contributed by atoms with Crippen molar-refractivity contribution in [3.05, 3.63) is 124 Å². The van der Waals surface area contributed by atoms with Gasteiger partial charge in [0.05, 0.1) is 19.0 Å². The van der Waals surface area contributed by atoms with Crippen molar-refractivity contribution in [2.75, 3.05) is 18.1 Å². The van der Waals surface area contributed by atoms with E-state index in [2.05, 4.69) is 40.1 Å². The van der Waals surface area contributed by atoms with Gasteiger partial charge in [-0.1, -0.05) is 60.2 Å². The molecule has 6 nitrogen and oxygen atoms in total. The van der Waals surface area contributed by atoms with Gasteiger partial charge >= 0.3 is 0 Å². The fourth-order valence-corrected chi connectivity index (χ4v) is 5.62. The van der Waals surface area contributed by atoms with Crippen molar-refractivity contribution < 1.29 is 4.74 Å². The molecule has 0 saturated carbocycles. The first-order valence-electron chi connectivity index (χ1n) is 14.3. The maximum Gasteiger partial charge on any atom is 0.259 e. The van der Waals surface area contributed by atoms with Gasteiger partial charge in [0.25, 0.3) is 5.56 Å². The van der Waals surface area contributed by atoms with Crippen molar-refractivity contribution in [1.82, 2.24) is 14.5 Å². The van der Waals surface area contributed by atoms with Gasteiger partial charge in [0.15, 0.2) is 0 Å². The van der Waals surface area contributed by atoms with Crippen LogP contribution in [0.3, 0.4) is 0 Å². The number of fused-ring (bicyclic) bond motifs is 1. The van der Waals surface area contributed by atoms with Gasteiger partial charge in [-0.15, -0.1) is 0 Å². The normalized spacial score (nSPS) is 15.4. The van der Waals surface area contributed by atoms with Crippen LogP contribution in [0.1, 0.15) is 48.9 Å². The molecular formula is C34H36N4O2. The third-order valence-corrected chi connectivity index (χ3v) is 7.86. The Morgan fingerprint density at radius 2 is 1.57 bits per heavy atom. The molecule has 6 rings (SSSR count). The van der Waals surface area contributed by atoms with Crippen LogP contribution in [0.5, 0.6) is 11.5 Å². The topological polar surface area (TPSA) is 50.6 Å². The zero-order chi connectivity index (χ0) is 27.3. The van der Waals surface area contributed by atoms with E-state index < -0.39 is 0 Å². The molecule has 40 heavy (non-hydrogen) atoms. The highest BCUT2D eigenvalue weighted by Gasteiger charge is 2.28. The lowest BCUT2D eigenvalue weighted by atomic mass is 9.97. The van der Waals surface area contributed by atoms with Crippen LogP contribution in [0.15, 0.2) is 101 Å². The lowest BCUT2D eigenvalue weighted by molar-refractivity contribution is 0.199. The molecule has 0 amide bonds. The Bertz CT molecular complexity index is 1530. The second-order valence-corrected chi connectivity index (χ2v) is 10.7. The molecule has 0 unspecified atom stereocenters. The summed E-state index contributed by atoms with van der Waals surface area (Å²) in [4.78, 5) is 23.5. The average Bonchev–Trinajstić information content (AvgIpc) is 3.00. The van der Waals surface area contributed by atoms with Crippen LogP contribution in [0.25, 0.3) is 0 Å². The number of ether oxygens (including phenoxy) is 1. The Morgan fingerprint density at radius 3 is 2.30 bits per heavy atom. The van der Waals surface area contributed by atoms with Gasteiger partial charge in [-0.2, -0.15) is 0 Å². The molecule has 0 bridgehead atoms. The van der Waals surface area contributed by atoms with Crippen molar-refractivity contribution in [2.24, 2.45) is 0 Å². The molecule has 0 spiro atoms. The van der Waals surface area contributed by atoms with Crippen LogP contribution in [0, 0.1) is 6.92 Å². The molecular weight excluding hydrogens is 496 g/mol. The van der Waals surface area contributed by atoms with E-state index in [-0.39, 0.29) is 5.56 Å². The van der Waals surface area contributed by atoms with Gasteiger partial charge in [-0.3, -0.25) is 19.2 Å². The maximum absolute atomic E-state index is 14.0. The lowest BCUT2D eigenvalue weighted by Gasteiger charge is -2.38. The first-order chi connectivity index (χ1) is 19.6. The number of nitrogens with zero attached hydrogens (tertiary/aromatic N) is 4. The fourth-order valence-electron chi connectivity index (χ4n) is 5.62. The summed E-state index contributed by atoms with van der Waals surface area (Å²) in [7, 11) is 0. The largest absolute Gasteiger partial charge is 0.457 e. The predicted molar refractivity (Wildman–Crippen MR) is 160 cm³/mol. The van der Waals surface area contributed by atoms with E-state index in [4.69, 9.17) is 9.72 Å². The third-order valence-electron chi connectivity index (χ3n) is 7.86. The van der Waals surface area contributed by atoms with E-state index in [1.54, 1.807) is 5.57 Å². The monoisotopic (exact) mass is 532 g/mol. The molecule has 0 radical (unpaired) electrons. The summed E-state index contributed by atoms with van der Waals surface area (Å²) in [5.74, 6) is 2.27. The second kappa shape index (κ2) is 11.9. The highest BCUT2D eigenvalue weighted by molar-refractivity contribution is 5.60. The smallest absolute Gasteiger partial charge is 0.259 e. The Hall–Kier alpha value is -4.16. The molecule has 0 N–H and O–H groups in total. The van der Waals surface area contributed by atoms with Crippen LogP contribution >= 0.6 is 0 Å². The van der Waals surface area contributed by atoms with E-state index in [0.717, 1.165) is 47.0 Å². The Morgan fingerprint density at radius 1 is 0.850 bits per heavy atom. The Balaban J connectivity index is 1.31. The molecule has 1 aliphatic heterocycles. The molecule has 3 aromatic carbocycles. The minimum absolute atomic E-state index is 0.0435. The van der Waals surface area contributed by atoms with Gasteiger partial charge in [0.1, 0.15) is 11.5 Å². The van der Waals surface area contributed by atoms with Crippen molar-refractivity contribution in [3.63, 3.8) is 0 Å². The SMILES string of the molecule is Cc1nc2n(c(=O)c1Cc1ccccc1)CN(CCC1=CCCCC1)CN2c1ccc(Oc2ccccc2)cc1. The third kappa shape index (κ3) is 5.87. The first-order valence-corrected chi connectivity index (χ1v) is 14.3. The molecule has 0 fully saturated rings. The molecule has 6 heteroatoms. The first kappa shape index (κ1) is 26.1. The molecule has 0 atom stereocenters. The standard InChI is InChI=1S/C34H36N4O2/c1-26-32(23-28-13-7-3-8-14-28)33(39)38-25-36(22-21-27-11-5-2-6-12-27)24-37(34(38)35-26)29-17-19-31(20-18-29)40-30-15-9-4-10-16-30/h3-4,7-11,13-20H,2,5-6,12,21-25H2,1H3. The quantitative estimate of drug-likeness (QED) is 0.225. The number of hydrogen-bond donors (Lipinski definition) is 0. The summed E-state index contributed by atoms with van der Waals surface area (Å²) >= 11 is 0. The fraction of sp³-hybridized carbons (Fsp3) is 0.294. The minimum atomic E-state index is 0.0435. The number of aryl methyl sites for hydroxylation is 1. The number of hydrogen-bond acceptors (Lipinski definition) is 5. The molecule has 1 aromatic heterocycles. The Kier molecular flexibility index (Phi) is 7.78. The summed E-state index contributed by atoms with van der Waals surface area (Å²) in [5, 5.41) is 0. The average molecular weight is 533 g/mol. The van der Waals surface area contributed by atoms with Crippen LogP contribution in [-0.4, -0.2) is 27.7 Å². The van der Waals surface area contributed by atoms with Crippen LogP contribution in [0.2, 0.25) is 0 Å². The predicted octanol–water partition coefficient (Wildman–Crippen LogP) is 7.19. The summed E-state index contributed by atoms with van der Waals surface area (Å²) in [5.41, 5.74) is 5.24. The number of para-hydroxylation sites is 1. The summed E-state index contributed by atoms with van der Waals surface area (Å²) < 4.78 is 7.88. The molecule has 0 saturated heterocycles. The van der Waals surface area contributed by atoms with Crippen molar-refractivity contribution in [3.8, 4) is 11.5 Å². The minimum Gasteiger partial charge on any atom is -0.457 e. The second-order valence-electron chi connectivity index (χ2n) is 10.7. The number of rotatable bonds is 8. The van der Waals surface area contributed by atoms with E-state index in [1.807, 2.05) is 72.2 Å². The number of aromatic nitrogens is 2. The number of anilines is 2. The van der Waals surface area contributed by atoms with E-state index in [1.165, 1.54) is 25.7 Å². The lowest BCUT2D eigenvalue weighted by Crippen LogP contribution is -2.48. The van der Waals surface area contributed by atoms with Gasteiger partial charge < -0.3 is 4.74 Å². The molecule has 204 valence electrons. The zero-order valence-corrected chi connectivity index (χ0v) is 23.1. The van der Waals surface area contributed by atoms with Gasteiger partial charge in [0.2, 0.25) is 5.95 Å². The van der Waals surface area contributed by atoms with E-state index in [9.17, 15) is 4.79 Å². The number of allylic oxidation sites excluding steroid dienone is 1. The van der Waals surface area contributed by atoms with Crippen molar-refractivity contribution >= 4 is 11.6 Å². The van der Waals surface area contributed by atoms with E-state index in [0.29, 0.717) is 25.7 Å². The van der Waals surface area contributed by atoms with Crippen LogP contribution in [-0.2, 0) is 13.1 Å². The highest BCUT2D eigenvalue weighted by atomic mass is 16.5. The molecule has 4 aromatic rings. The van der Waals surface area contributed by atoms with Crippen molar-refractivity contribution in [1.29, 1.82) is 0 Å². The van der Waals surface area contributed by atoms with Gasteiger partial charge in [-0.25, -0.2) is 4.98 Å². The van der Waals surface area contributed by atoms with Crippen molar-refractivity contribution in [2.45, 2.75) is 52.1 Å². The Labute approximate surface area is 236 Å². The molecule has 2 aliphatic rings. The summed E-state index contributed by atoms with van der Waals surface area (Å²) in [6.07, 6.45) is 8.99. The summed E-state index contributed by atoms with van der Waals surface area (Å²) in [6.45, 7) is 4.08. The van der Waals surface area contributed by atoms with Crippen LogP contribution < -0.4 is 15.2 Å². The zero-order valence-electron chi connectivity index (χ0n) is 23.1. The van der Waals surface area contributed by atoms with E-state index >= 15 is 0 Å². The van der Waals surface area contributed by atoms with Gasteiger partial charge in [0, 0.05) is 24.2 Å². The van der Waals surface area contributed by atoms with Gasteiger partial charge in [-0.05, 0) is 81.0 Å².